The van der Waals surface area contributed by atoms with Crippen LogP contribution in [0.5, 0.6) is 0 Å². The molecule has 0 N–H and O–H groups in total. The third-order valence-electron chi connectivity index (χ3n) is 2.32. The number of hydrogen-bond donors (Lipinski definition) is 0. The smallest absolute Gasteiger partial charge is 0.330 e. The highest BCUT2D eigenvalue weighted by Crippen LogP contribution is 2.41. The van der Waals surface area contributed by atoms with Crippen molar-refractivity contribution in [1.82, 2.24) is 0 Å². The maximum atomic E-state index is 11.6. The largest absolute Gasteiger partial charge is 0.463 e. The van der Waals surface area contributed by atoms with Crippen LogP contribution in [0.2, 0.25) is 0 Å². The third kappa shape index (κ3) is 5.02. The summed E-state index contributed by atoms with van der Waals surface area (Å²) in [4.78, 5) is 22.7. The van der Waals surface area contributed by atoms with Gasteiger partial charge in [0.2, 0.25) is 0 Å². The van der Waals surface area contributed by atoms with E-state index < -0.39 is 5.60 Å². The fourth-order valence-electron chi connectivity index (χ4n) is 1.47. The standard InChI is InChI=1S/C13H20O4/c1-5-16-11(14)7-6-9-8-10(9)12(15)17-13(2,3)4/h6-7,9-10H,5,8H2,1-4H3/b7-6-. The molecule has 1 aliphatic carbocycles. The minimum atomic E-state index is -0.449. The second-order valence-corrected chi connectivity index (χ2v) is 5.15. The maximum absolute atomic E-state index is 11.6. The highest BCUT2D eigenvalue weighted by molar-refractivity contribution is 5.82. The first-order chi connectivity index (χ1) is 7.83. The number of esters is 2. The van der Waals surface area contributed by atoms with Gasteiger partial charge in [0.1, 0.15) is 5.60 Å². The Bertz CT molecular complexity index is 325. The number of carbonyl (C=O) groups is 2. The Balaban J connectivity index is 2.34. The summed E-state index contributed by atoms with van der Waals surface area (Å²) in [5, 5.41) is 0. The first-order valence-electron chi connectivity index (χ1n) is 5.91. The van der Waals surface area contributed by atoms with Gasteiger partial charge >= 0.3 is 11.9 Å². The summed E-state index contributed by atoms with van der Waals surface area (Å²) in [5.41, 5.74) is -0.449. The van der Waals surface area contributed by atoms with Crippen LogP contribution in [0.25, 0.3) is 0 Å². The number of hydrogen-bond acceptors (Lipinski definition) is 4. The summed E-state index contributed by atoms with van der Waals surface area (Å²) in [6.45, 7) is 7.65. The average Bonchev–Trinajstić information content (AvgIpc) is 2.91. The Labute approximate surface area is 102 Å². The van der Waals surface area contributed by atoms with Gasteiger partial charge < -0.3 is 9.47 Å². The molecule has 4 nitrogen and oxygen atoms in total. The molecule has 1 fully saturated rings. The first-order valence-corrected chi connectivity index (χ1v) is 5.91. The van der Waals surface area contributed by atoms with Crippen molar-refractivity contribution in [2.24, 2.45) is 11.8 Å². The summed E-state index contributed by atoms with van der Waals surface area (Å²) in [6.07, 6.45) is 3.87. The van der Waals surface area contributed by atoms with Crippen LogP contribution < -0.4 is 0 Å². The van der Waals surface area contributed by atoms with Gasteiger partial charge in [-0.15, -0.1) is 0 Å². The predicted octanol–water partition coefficient (Wildman–Crippen LogP) is 2.08. The summed E-state index contributed by atoms with van der Waals surface area (Å²) in [6, 6.07) is 0. The molecule has 0 spiro atoms. The van der Waals surface area contributed by atoms with Crippen LogP contribution in [-0.2, 0) is 19.1 Å². The first kappa shape index (κ1) is 13.7. The molecule has 1 aliphatic rings. The van der Waals surface area contributed by atoms with Gasteiger partial charge in [0.15, 0.2) is 0 Å². The molecule has 0 aromatic carbocycles. The van der Waals surface area contributed by atoms with E-state index in [1.807, 2.05) is 20.8 Å². The zero-order chi connectivity index (χ0) is 13.1. The summed E-state index contributed by atoms with van der Waals surface area (Å²) in [7, 11) is 0. The van der Waals surface area contributed by atoms with Gasteiger partial charge in [-0.1, -0.05) is 6.08 Å². The van der Waals surface area contributed by atoms with Crippen LogP contribution in [0.15, 0.2) is 12.2 Å². The second-order valence-electron chi connectivity index (χ2n) is 5.15. The number of rotatable bonds is 4. The molecule has 0 aromatic heterocycles. The van der Waals surface area contributed by atoms with Crippen molar-refractivity contribution in [1.29, 1.82) is 0 Å². The lowest BCUT2D eigenvalue weighted by atomic mass is 10.2. The van der Waals surface area contributed by atoms with Crippen molar-refractivity contribution < 1.29 is 19.1 Å². The van der Waals surface area contributed by atoms with Crippen molar-refractivity contribution in [2.75, 3.05) is 6.61 Å². The Morgan fingerprint density at radius 2 is 2.00 bits per heavy atom. The van der Waals surface area contributed by atoms with Crippen LogP contribution in [0.1, 0.15) is 34.1 Å². The molecule has 0 aromatic rings. The normalized spacial score (nSPS) is 23.5. The Morgan fingerprint density at radius 3 is 2.53 bits per heavy atom. The Morgan fingerprint density at radius 1 is 1.35 bits per heavy atom. The molecule has 2 atom stereocenters. The van der Waals surface area contributed by atoms with E-state index >= 15 is 0 Å². The summed E-state index contributed by atoms with van der Waals surface area (Å²) in [5.74, 6) is -0.521. The van der Waals surface area contributed by atoms with Crippen molar-refractivity contribution in [3.63, 3.8) is 0 Å². The van der Waals surface area contributed by atoms with Crippen molar-refractivity contribution >= 4 is 11.9 Å². The number of ether oxygens (including phenoxy) is 2. The third-order valence-corrected chi connectivity index (χ3v) is 2.32. The monoisotopic (exact) mass is 240 g/mol. The quantitative estimate of drug-likeness (QED) is 0.557. The van der Waals surface area contributed by atoms with Gasteiger partial charge in [-0.05, 0) is 40.0 Å². The molecule has 4 heteroatoms. The molecule has 0 amide bonds. The fourth-order valence-corrected chi connectivity index (χ4v) is 1.47. The van der Waals surface area contributed by atoms with Gasteiger partial charge in [0, 0.05) is 6.08 Å². The molecule has 0 radical (unpaired) electrons. The molecular formula is C13H20O4. The second kappa shape index (κ2) is 5.34. The SMILES string of the molecule is CCOC(=O)/C=C\C1CC1C(=O)OC(C)(C)C. The Hall–Kier alpha value is -1.32. The van der Waals surface area contributed by atoms with Gasteiger partial charge in [-0.2, -0.15) is 0 Å². The van der Waals surface area contributed by atoms with Gasteiger partial charge in [0.05, 0.1) is 12.5 Å². The van der Waals surface area contributed by atoms with Gasteiger partial charge in [-0.25, -0.2) is 4.79 Å². The van der Waals surface area contributed by atoms with Crippen LogP contribution in [0.3, 0.4) is 0 Å². The fraction of sp³-hybridized carbons (Fsp3) is 0.692. The van der Waals surface area contributed by atoms with E-state index in [1.54, 1.807) is 13.0 Å². The number of allylic oxidation sites excluding steroid dienone is 1. The summed E-state index contributed by atoms with van der Waals surface area (Å²) < 4.78 is 10.0. The molecule has 96 valence electrons. The molecule has 1 saturated carbocycles. The van der Waals surface area contributed by atoms with Gasteiger partial charge in [-0.3, -0.25) is 4.79 Å². The number of carbonyl (C=O) groups excluding carboxylic acids is 2. The zero-order valence-corrected chi connectivity index (χ0v) is 10.9. The molecule has 0 bridgehead atoms. The molecule has 17 heavy (non-hydrogen) atoms. The van der Waals surface area contributed by atoms with Crippen LogP contribution in [-0.4, -0.2) is 24.1 Å². The van der Waals surface area contributed by atoms with Crippen molar-refractivity contribution in [3.8, 4) is 0 Å². The van der Waals surface area contributed by atoms with Crippen LogP contribution in [0.4, 0.5) is 0 Å². The zero-order valence-electron chi connectivity index (χ0n) is 10.9. The molecule has 0 saturated heterocycles. The lowest BCUT2D eigenvalue weighted by Gasteiger charge is -2.19. The molecule has 2 unspecified atom stereocenters. The molecule has 0 heterocycles. The molecular weight excluding hydrogens is 220 g/mol. The van der Waals surface area contributed by atoms with E-state index in [0.29, 0.717) is 6.61 Å². The van der Waals surface area contributed by atoms with E-state index in [4.69, 9.17) is 9.47 Å². The van der Waals surface area contributed by atoms with Gasteiger partial charge in [0.25, 0.3) is 0 Å². The van der Waals surface area contributed by atoms with E-state index in [-0.39, 0.29) is 23.8 Å². The predicted molar refractivity (Wildman–Crippen MR) is 63.2 cm³/mol. The van der Waals surface area contributed by atoms with Crippen molar-refractivity contribution in [3.05, 3.63) is 12.2 Å². The van der Waals surface area contributed by atoms with Crippen LogP contribution in [0, 0.1) is 11.8 Å². The highest BCUT2D eigenvalue weighted by atomic mass is 16.6. The highest BCUT2D eigenvalue weighted by Gasteiger charge is 2.43. The molecule has 0 aliphatic heterocycles. The van der Waals surface area contributed by atoms with E-state index in [9.17, 15) is 9.59 Å². The average molecular weight is 240 g/mol. The lowest BCUT2D eigenvalue weighted by molar-refractivity contribution is -0.156. The minimum Gasteiger partial charge on any atom is -0.463 e. The topological polar surface area (TPSA) is 52.6 Å². The lowest BCUT2D eigenvalue weighted by Crippen LogP contribution is -2.25. The summed E-state index contributed by atoms with van der Waals surface area (Å²) >= 11 is 0. The van der Waals surface area contributed by atoms with E-state index in [0.717, 1.165) is 6.42 Å². The molecule has 1 rings (SSSR count). The Kier molecular flexibility index (Phi) is 4.32. The minimum absolute atomic E-state index is 0.0973. The maximum Gasteiger partial charge on any atom is 0.330 e. The van der Waals surface area contributed by atoms with E-state index in [1.165, 1.54) is 6.08 Å². The van der Waals surface area contributed by atoms with Crippen LogP contribution >= 0.6 is 0 Å². The van der Waals surface area contributed by atoms with E-state index in [2.05, 4.69) is 0 Å². The van der Waals surface area contributed by atoms with Crippen molar-refractivity contribution in [2.45, 2.75) is 39.7 Å².